The molecule has 0 aliphatic carbocycles. The number of carbonyl (C=O) groups is 2. The van der Waals surface area contributed by atoms with Crippen molar-refractivity contribution in [2.24, 2.45) is 5.16 Å². The zero-order valence-corrected chi connectivity index (χ0v) is 13.9. The summed E-state index contributed by atoms with van der Waals surface area (Å²) >= 11 is 0. The average Bonchev–Trinajstić information content (AvgIpc) is 2.59. The van der Waals surface area contributed by atoms with Crippen molar-refractivity contribution >= 4 is 17.5 Å². The second-order valence-corrected chi connectivity index (χ2v) is 5.23. The first-order chi connectivity index (χ1) is 11.5. The van der Waals surface area contributed by atoms with E-state index >= 15 is 0 Å². The van der Waals surface area contributed by atoms with Crippen LogP contribution in [0.4, 0.5) is 0 Å². The minimum Gasteiger partial charge on any atom is -0.478 e. The summed E-state index contributed by atoms with van der Waals surface area (Å²) in [6.07, 6.45) is 0.296. The fourth-order valence-corrected chi connectivity index (χ4v) is 2.59. The van der Waals surface area contributed by atoms with E-state index in [9.17, 15) is 14.7 Å². The van der Waals surface area contributed by atoms with Gasteiger partial charge in [0.25, 0.3) is 0 Å². The fraction of sp³-hybridized carbons (Fsp3) is 0.211. The third kappa shape index (κ3) is 3.35. The average molecular weight is 325 g/mol. The fourth-order valence-electron chi connectivity index (χ4n) is 2.59. The smallest absolute Gasteiger partial charge is 0.335 e. The number of hydrogen-bond donors (Lipinski definition) is 1. The Hall–Kier alpha value is -2.95. The van der Waals surface area contributed by atoms with Gasteiger partial charge >= 0.3 is 5.97 Å². The van der Waals surface area contributed by atoms with Crippen molar-refractivity contribution in [1.29, 1.82) is 0 Å². The Labute approximate surface area is 140 Å². The number of aromatic carboxylic acids is 1. The van der Waals surface area contributed by atoms with Crippen LogP contribution in [0.1, 0.15) is 34.8 Å². The molecule has 0 atom stereocenters. The molecule has 0 radical (unpaired) electrons. The van der Waals surface area contributed by atoms with Crippen LogP contribution in [-0.4, -0.2) is 29.7 Å². The predicted octanol–water partition coefficient (Wildman–Crippen LogP) is 3.69. The molecule has 0 unspecified atom stereocenters. The van der Waals surface area contributed by atoms with Crippen molar-refractivity contribution in [1.82, 2.24) is 0 Å². The molecular formula is C19H19NO4. The molecule has 5 nitrogen and oxygen atoms in total. The molecule has 0 amide bonds. The molecule has 0 aliphatic heterocycles. The van der Waals surface area contributed by atoms with Crippen molar-refractivity contribution in [2.75, 3.05) is 7.11 Å². The minimum atomic E-state index is -0.984. The van der Waals surface area contributed by atoms with E-state index in [0.29, 0.717) is 17.5 Å². The second-order valence-electron chi connectivity index (χ2n) is 5.23. The molecule has 0 fully saturated rings. The summed E-state index contributed by atoms with van der Waals surface area (Å²) < 4.78 is 0. The molecule has 124 valence electrons. The summed E-state index contributed by atoms with van der Waals surface area (Å²) in [5, 5.41) is 13.2. The number of nitrogens with zero attached hydrogens (tertiary/aromatic N) is 1. The van der Waals surface area contributed by atoms with E-state index in [2.05, 4.69) is 5.16 Å². The van der Waals surface area contributed by atoms with Crippen molar-refractivity contribution in [3.05, 3.63) is 59.2 Å². The monoisotopic (exact) mass is 325 g/mol. The van der Waals surface area contributed by atoms with E-state index in [4.69, 9.17) is 4.84 Å². The van der Waals surface area contributed by atoms with Gasteiger partial charge in [-0.2, -0.15) is 0 Å². The highest BCUT2D eigenvalue weighted by molar-refractivity contribution is 6.47. The van der Waals surface area contributed by atoms with Crippen molar-refractivity contribution in [2.45, 2.75) is 20.3 Å². The zero-order valence-electron chi connectivity index (χ0n) is 13.9. The quantitative estimate of drug-likeness (QED) is 0.649. The van der Waals surface area contributed by atoms with Crippen LogP contribution < -0.4 is 0 Å². The van der Waals surface area contributed by atoms with Crippen LogP contribution in [0, 0.1) is 6.92 Å². The van der Waals surface area contributed by atoms with E-state index in [0.717, 1.165) is 11.1 Å². The summed E-state index contributed by atoms with van der Waals surface area (Å²) in [6.45, 7) is 3.51. The molecule has 0 saturated heterocycles. The highest BCUT2D eigenvalue weighted by atomic mass is 16.6. The maximum absolute atomic E-state index is 12.2. The number of oxime groups is 1. The molecule has 2 aromatic rings. The van der Waals surface area contributed by atoms with Crippen LogP contribution in [-0.2, 0) is 9.63 Å². The lowest BCUT2D eigenvalue weighted by atomic mass is 9.90. The number of rotatable bonds is 6. The molecule has 0 bridgehead atoms. The minimum absolute atomic E-state index is 0.142. The normalized spacial score (nSPS) is 11.2. The first-order valence-electron chi connectivity index (χ1n) is 7.58. The molecule has 0 aliphatic rings. The molecule has 5 heteroatoms. The first-order valence-corrected chi connectivity index (χ1v) is 7.58. The van der Waals surface area contributed by atoms with Crippen LogP contribution in [0.15, 0.2) is 47.6 Å². The zero-order chi connectivity index (χ0) is 17.7. The Balaban J connectivity index is 2.71. The summed E-state index contributed by atoms with van der Waals surface area (Å²) in [5.74, 6) is -1.13. The topological polar surface area (TPSA) is 76.0 Å². The third-order valence-corrected chi connectivity index (χ3v) is 3.80. The number of ketones is 1. The molecule has 0 aromatic heterocycles. The lowest BCUT2D eigenvalue weighted by molar-refractivity contribution is -0.112. The number of benzene rings is 2. The Morgan fingerprint density at radius 3 is 2.29 bits per heavy atom. The Bertz CT molecular complexity index is 809. The van der Waals surface area contributed by atoms with Crippen molar-refractivity contribution in [3.8, 4) is 11.1 Å². The lowest BCUT2D eigenvalue weighted by Crippen LogP contribution is -2.16. The van der Waals surface area contributed by atoms with Gasteiger partial charge in [-0.3, -0.25) is 4.79 Å². The van der Waals surface area contributed by atoms with Crippen molar-refractivity contribution < 1.29 is 19.5 Å². The second kappa shape index (κ2) is 7.55. The first kappa shape index (κ1) is 17.4. The number of Topliss-reactive ketones (excluding diaryl/α,β-unsaturated/α-hetero) is 1. The number of hydrogen-bond acceptors (Lipinski definition) is 4. The van der Waals surface area contributed by atoms with E-state index in [1.165, 1.54) is 7.11 Å². The predicted molar refractivity (Wildman–Crippen MR) is 92.4 cm³/mol. The van der Waals surface area contributed by atoms with Gasteiger partial charge in [0.1, 0.15) is 7.11 Å². The molecule has 1 N–H and O–H groups in total. The van der Waals surface area contributed by atoms with Gasteiger partial charge in [-0.15, -0.1) is 0 Å². The Morgan fingerprint density at radius 1 is 1.04 bits per heavy atom. The van der Waals surface area contributed by atoms with Gasteiger partial charge in [-0.1, -0.05) is 48.5 Å². The van der Waals surface area contributed by atoms with Crippen molar-refractivity contribution in [3.63, 3.8) is 0 Å². The highest BCUT2D eigenvalue weighted by Crippen LogP contribution is 2.29. The van der Waals surface area contributed by atoms with Crippen LogP contribution in [0.3, 0.4) is 0 Å². The van der Waals surface area contributed by atoms with Gasteiger partial charge < -0.3 is 9.94 Å². The van der Waals surface area contributed by atoms with Gasteiger partial charge in [-0.25, -0.2) is 4.79 Å². The molecule has 2 rings (SSSR count). The van der Waals surface area contributed by atoms with Crippen LogP contribution in [0.25, 0.3) is 11.1 Å². The summed E-state index contributed by atoms with van der Waals surface area (Å²) in [6, 6.07) is 12.4. The molecule has 0 spiro atoms. The maximum atomic E-state index is 12.2. The Kier molecular flexibility index (Phi) is 5.47. The number of carboxylic acids is 1. The standard InChI is InChI=1S/C19H19NO4/c1-4-17(21)18(20-24-3)16-9-6-5-8-15(16)13-10-7-11-14(12(13)2)19(22)23/h5-11H,4H2,1-3H3,(H,22,23). The summed E-state index contributed by atoms with van der Waals surface area (Å²) in [5.41, 5.74) is 3.22. The van der Waals surface area contributed by atoms with E-state index in [1.807, 2.05) is 24.3 Å². The van der Waals surface area contributed by atoms with Crippen LogP contribution in [0.5, 0.6) is 0 Å². The lowest BCUT2D eigenvalue weighted by Gasteiger charge is -2.14. The SMILES string of the molecule is CCC(=O)C(=NOC)c1ccccc1-c1cccc(C(=O)O)c1C. The van der Waals surface area contributed by atoms with Gasteiger partial charge in [0.15, 0.2) is 11.5 Å². The summed E-state index contributed by atoms with van der Waals surface area (Å²) in [4.78, 5) is 28.5. The largest absolute Gasteiger partial charge is 0.478 e. The maximum Gasteiger partial charge on any atom is 0.335 e. The van der Waals surface area contributed by atoms with Gasteiger partial charge in [0, 0.05) is 12.0 Å². The van der Waals surface area contributed by atoms with Gasteiger partial charge in [-0.05, 0) is 29.7 Å². The number of carbonyl (C=O) groups excluding carboxylic acids is 1. The van der Waals surface area contributed by atoms with Crippen LogP contribution >= 0.6 is 0 Å². The van der Waals surface area contributed by atoms with E-state index in [-0.39, 0.29) is 17.1 Å². The van der Waals surface area contributed by atoms with E-state index in [1.54, 1.807) is 32.0 Å². The van der Waals surface area contributed by atoms with Gasteiger partial charge in [0.2, 0.25) is 0 Å². The van der Waals surface area contributed by atoms with E-state index < -0.39 is 5.97 Å². The van der Waals surface area contributed by atoms with Crippen LogP contribution in [0.2, 0.25) is 0 Å². The molecule has 0 saturated carbocycles. The molecule has 24 heavy (non-hydrogen) atoms. The highest BCUT2D eigenvalue weighted by Gasteiger charge is 2.20. The molecular weight excluding hydrogens is 306 g/mol. The molecule has 2 aromatic carbocycles. The summed E-state index contributed by atoms with van der Waals surface area (Å²) in [7, 11) is 1.39. The Morgan fingerprint density at radius 2 is 1.67 bits per heavy atom. The molecule has 0 heterocycles. The van der Waals surface area contributed by atoms with Gasteiger partial charge in [0.05, 0.1) is 5.56 Å². The third-order valence-electron chi connectivity index (χ3n) is 3.80. The number of carboxylic acid groups (broad SMARTS) is 1.